The van der Waals surface area contributed by atoms with Crippen molar-refractivity contribution >= 4 is 46.4 Å². The van der Waals surface area contributed by atoms with Gasteiger partial charge < -0.3 is 27.2 Å². The van der Waals surface area contributed by atoms with Gasteiger partial charge in [0.1, 0.15) is 6.07 Å². The molecule has 0 spiro atoms. The SMILES string of the molecule is COc1cc(/C=C(\C#N)c2ccccn2)ccc1OCC(=O)Nc1c(Cl)cccc1Cl.[Cl-]. The van der Waals surface area contributed by atoms with Gasteiger partial charge in [0.15, 0.2) is 18.1 Å². The fourth-order valence-corrected chi connectivity index (χ4v) is 3.17. The number of hydrogen-bond donors (Lipinski definition) is 1. The van der Waals surface area contributed by atoms with E-state index in [1.807, 2.05) is 6.07 Å². The molecule has 0 radical (unpaired) electrons. The molecular weight excluding hydrogens is 473 g/mol. The molecule has 2 aromatic carbocycles. The van der Waals surface area contributed by atoms with Crippen molar-refractivity contribution < 1.29 is 26.7 Å². The van der Waals surface area contributed by atoms with E-state index in [4.69, 9.17) is 32.7 Å². The summed E-state index contributed by atoms with van der Waals surface area (Å²) in [6, 6.07) is 17.5. The van der Waals surface area contributed by atoms with E-state index in [-0.39, 0.29) is 19.0 Å². The molecule has 164 valence electrons. The summed E-state index contributed by atoms with van der Waals surface area (Å²) in [7, 11) is 1.49. The fraction of sp³-hybridized carbons (Fsp3) is 0.0870. The molecule has 6 nitrogen and oxygen atoms in total. The summed E-state index contributed by atoms with van der Waals surface area (Å²) in [5.74, 6) is 0.356. The summed E-state index contributed by atoms with van der Waals surface area (Å²) in [6.45, 7) is -0.273. The number of amides is 1. The van der Waals surface area contributed by atoms with Crippen LogP contribution in [-0.2, 0) is 4.79 Å². The first-order valence-corrected chi connectivity index (χ1v) is 9.85. The van der Waals surface area contributed by atoms with E-state index in [0.717, 1.165) is 5.56 Å². The van der Waals surface area contributed by atoms with Crippen molar-refractivity contribution in [1.29, 1.82) is 5.26 Å². The standard InChI is InChI=1S/C23H17Cl2N3O3.ClH/c1-30-21-12-15(11-16(13-26)19-7-2-3-10-27-19)8-9-20(21)31-14-22(29)28-23-17(24)5-4-6-18(23)25;/h2-12H,14H2,1H3,(H,28,29);1H/p-1/b16-11+;. The van der Waals surface area contributed by atoms with Crippen molar-refractivity contribution in [2.75, 3.05) is 19.0 Å². The first-order chi connectivity index (χ1) is 15.0. The number of carbonyl (C=O) groups is 1. The van der Waals surface area contributed by atoms with Crippen LogP contribution in [0.1, 0.15) is 11.3 Å². The number of nitrogens with one attached hydrogen (secondary N) is 1. The quantitative estimate of drug-likeness (QED) is 0.516. The lowest BCUT2D eigenvalue weighted by molar-refractivity contribution is -0.118. The predicted octanol–water partition coefficient (Wildman–Crippen LogP) is 2.48. The number of hydrogen-bond acceptors (Lipinski definition) is 5. The average Bonchev–Trinajstić information content (AvgIpc) is 2.79. The molecule has 1 amide bonds. The van der Waals surface area contributed by atoms with E-state index in [9.17, 15) is 10.1 Å². The van der Waals surface area contributed by atoms with Gasteiger partial charge in [-0.15, -0.1) is 0 Å². The molecule has 32 heavy (non-hydrogen) atoms. The monoisotopic (exact) mass is 488 g/mol. The van der Waals surface area contributed by atoms with Crippen LogP contribution in [-0.4, -0.2) is 24.6 Å². The van der Waals surface area contributed by atoms with Crippen LogP contribution in [0.3, 0.4) is 0 Å². The lowest BCUT2D eigenvalue weighted by Gasteiger charge is -2.13. The zero-order valence-corrected chi connectivity index (χ0v) is 19.1. The Hall–Kier alpha value is -3.24. The van der Waals surface area contributed by atoms with Crippen molar-refractivity contribution in [1.82, 2.24) is 4.98 Å². The maximum Gasteiger partial charge on any atom is 0.262 e. The Bertz CT molecular complexity index is 1140. The smallest absolute Gasteiger partial charge is 0.262 e. The van der Waals surface area contributed by atoms with Crippen molar-refractivity contribution in [3.8, 4) is 17.6 Å². The maximum atomic E-state index is 12.3. The highest BCUT2D eigenvalue weighted by molar-refractivity contribution is 6.39. The van der Waals surface area contributed by atoms with Gasteiger partial charge in [0.25, 0.3) is 5.91 Å². The van der Waals surface area contributed by atoms with E-state index in [2.05, 4.69) is 16.4 Å². The Morgan fingerprint density at radius 2 is 1.88 bits per heavy atom. The fourth-order valence-electron chi connectivity index (χ4n) is 2.68. The summed E-state index contributed by atoms with van der Waals surface area (Å²) in [5, 5.41) is 12.7. The summed E-state index contributed by atoms with van der Waals surface area (Å²) >= 11 is 12.1. The van der Waals surface area contributed by atoms with Gasteiger partial charge in [0, 0.05) is 6.20 Å². The van der Waals surface area contributed by atoms with E-state index in [1.54, 1.807) is 60.8 Å². The Balaban J connectivity index is 0.00000363. The number of anilines is 1. The molecule has 0 aliphatic carbocycles. The van der Waals surface area contributed by atoms with Crippen LogP contribution in [0.2, 0.25) is 10.0 Å². The van der Waals surface area contributed by atoms with Gasteiger partial charge >= 0.3 is 0 Å². The second kappa shape index (κ2) is 12.0. The molecule has 1 aromatic heterocycles. The van der Waals surface area contributed by atoms with Gasteiger partial charge in [0.2, 0.25) is 0 Å². The zero-order valence-electron chi connectivity index (χ0n) is 16.8. The van der Waals surface area contributed by atoms with Gasteiger partial charge in [0.05, 0.1) is 34.1 Å². The minimum absolute atomic E-state index is 0. The summed E-state index contributed by atoms with van der Waals surface area (Å²) < 4.78 is 11.0. The number of benzene rings is 2. The third-order valence-corrected chi connectivity index (χ3v) is 4.78. The van der Waals surface area contributed by atoms with Crippen LogP contribution in [0.5, 0.6) is 11.5 Å². The van der Waals surface area contributed by atoms with Gasteiger partial charge in [-0.25, -0.2) is 0 Å². The van der Waals surface area contributed by atoms with Gasteiger partial charge in [-0.1, -0.05) is 41.4 Å². The lowest BCUT2D eigenvalue weighted by atomic mass is 10.1. The molecule has 0 fully saturated rings. The highest BCUT2D eigenvalue weighted by Crippen LogP contribution is 2.31. The normalized spacial score (nSPS) is 10.5. The van der Waals surface area contributed by atoms with Crippen LogP contribution in [0.4, 0.5) is 5.69 Å². The number of allylic oxidation sites excluding steroid dienone is 1. The van der Waals surface area contributed by atoms with Crippen LogP contribution < -0.4 is 27.2 Å². The molecule has 0 atom stereocenters. The van der Waals surface area contributed by atoms with E-state index in [1.165, 1.54) is 7.11 Å². The van der Waals surface area contributed by atoms with Crippen LogP contribution in [0.15, 0.2) is 60.8 Å². The first kappa shape index (κ1) is 25.0. The zero-order chi connectivity index (χ0) is 22.2. The van der Waals surface area contributed by atoms with E-state index in [0.29, 0.717) is 38.5 Å². The van der Waals surface area contributed by atoms with Crippen molar-refractivity contribution in [2.24, 2.45) is 0 Å². The van der Waals surface area contributed by atoms with E-state index >= 15 is 0 Å². The Morgan fingerprint density at radius 1 is 1.12 bits per heavy atom. The molecule has 0 saturated carbocycles. The molecule has 3 rings (SSSR count). The minimum Gasteiger partial charge on any atom is -1.00 e. The van der Waals surface area contributed by atoms with Crippen LogP contribution in [0, 0.1) is 11.3 Å². The third kappa shape index (κ3) is 6.38. The molecule has 0 unspecified atom stereocenters. The number of aromatic nitrogens is 1. The van der Waals surface area contributed by atoms with E-state index < -0.39 is 5.91 Å². The Kier molecular flexibility index (Phi) is 9.36. The number of halogens is 3. The molecule has 0 aliphatic rings. The van der Waals surface area contributed by atoms with Crippen molar-refractivity contribution in [2.45, 2.75) is 0 Å². The van der Waals surface area contributed by atoms with Crippen LogP contribution >= 0.6 is 23.2 Å². The second-order valence-corrected chi connectivity index (χ2v) is 7.04. The van der Waals surface area contributed by atoms with Crippen LogP contribution in [0.25, 0.3) is 11.6 Å². The third-order valence-electron chi connectivity index (χ3n) is 4.15. The average molecular weight is 490 g/mol. The number of carbonyl (C=O) groups excluding carboxylic acids is 1. The lowest BCUT2D eigenvalue weighted by Crippen LogP contribution is -3.00. The predicted molar refractivity (Wildman–Crippen MR) is 121 cm³/mol. The largest absolute Gasteiger partial charge is 1.00 e. The molecule has 1 heterocycles. The van der Waals surface area contributed by atoms with Crippen molar-refractivity contribution in [3.05, 3.63) is 82.1 Å². The number of methoxy groups -OCH3 is 1. The molecule has 0 saturated heterocycles. The molecule has 0 aliphatic heterocycles. The number of ether oxygens (including phenoxy) is 2. The number of rotatable bonds is 7. The second-order valence-electron chi connectivity index (χ2n) is 6.23. The first-order valence-electron chi connectivity index (χ1n) is 9.09. The minimum atomic E-state index is -0.428. The van der Waals surface area contributed by atoms with Gasteiger partial charge in [-0.2, -0.15) is 5.26 Å². The van der Waals surface area contributed by atoms with Crippen molar-refractivity contribution in [3.63, 3.8) is 0 Å². The number of nitriles is 1. The molecule has 9 heteroatoms. The number of nitrogens with zero attached hydrogens (tertiary/aromatic N) is 2. The molecule has 3 aromatic rings. The highest BCUT2D eigenvalue weighted by atomic mass is 35.5. The summed E-state index contributed by atoms with van der Waals surface area (Å²) in [4.78, 5) is 16.4. The van der Waals surface area contributed by atoms with Gasteiger partial charge in [-0.3, -0.25) is 9.78 Å². The topological polar surface area (TPSA) is 84.2 Å². The highest BCUT2D eigenvalue weighted by Gasteiger charge is 2.12. The number of pyridine rings is 1. The number of para-hydroxylation sites is 1. The maximum absolute atomic E-state index is 12.3. The Morgan fingerprint density at radius 3 is 2.50 bits per heavy atom. The molecule has 0 bridgehead atoms. The summed E-state index contributed by atoms with van der Waals surface area (Å²) in [5.41, 5.74) is 2.02. The summed E-state index contributed by atoms with van der Waals surface area (Å²) in [6.07, 6.45) is 3.32. The molecule has 1 N–H and O–H groups in total. The van der Waals surface area contributed by atoms with Gasteiger partial charge in [-0.05, 0) is 48.0 Å². The Labute approximate surface area is 201 Å². The molecular formula is C23H17Cl3N3O3-.